The van der Waals surface area contributed by atoms with Crippen molar-refractivity contribution in [2.24, 2.45) is 0 Å². The number of hydrogen-bond acceptors (Lipinski definition) is 2. The van der Waals surface area contributed by atoms with Crippen molar-refractivity contribution in [3.63, 3.8) is 0 Å². The standard InChI is InChI=1S/C18H11F2NO3/c19-12-6-5-9(7-13(12)20)15-11-8-24-14-4-2-1-3-10(14)16(11)21-17(15)18(22)23/h1-7,21H,8H2,(H,22,23). The van der Waals surface area contributed by atoms with E-state index in [9.17, 15) is 18.7 Å². The van der Waals surface area contributed by atoms with Crippen LogP contribution in [0.1, 0.15) is 16.1 Å². The van der Waals surface area contributed by atoms with E-state index in [0.717, 1.165) is 17.7 Å². The molecule has 0 spiro atoms. The maximum absolute atomic E-state index is 13.6. The molecule has 0 saturated heterocycles. The highest BCUT2D eigenvalue weighted by Gasteiger charge is 2.28. The second-order valence-electron chi connectivity index (χ2n) is 5.45. The van der Waals surface area contributed by atoms with E-state index in [4.69, 9.17) is 4.74 Å². The number of aromatic nitrogens is 1. The number of carboxylic acid groups (broad SMARTS) is 1. The molecule has 1 aliphatic rings. The molecule has 2 heterocycles. The van der Waals surface area contributed by atoms with Crippen LogP contribution in [0.25, 0.3) is 22.4 Å². The lowest BCUT2D eigenvalue weighted by Crippen LogP contribution is -2.05. The van der Waals surface area contributed by atoms with Crippen molar-refractivity contribution in [3.8, 4) is 28.1 Å². The number of carbonyl (C=O) groups is 1. The van der Waals surface area contributed by atoms with Gasteiger partial charge in [0.2, 0.25) is 0 Å². The average molecular weight is 327 g/mol. The van der Waals surface area contributed by atoms with Gasteiger partial charge in [-0.05, 0) is 29.8 Å². The van der Waals surface area contributed by atoms with Gasteiger partial charge < -0.3 is 14.8 Å². The number of nitrogens with one attached hydrogen (secondary N) is 1. The Balaban J connectivity index is 2.00. The molecule has 24 heavy (non-hydrogen) atoms. The molecule has 2 N–H and O–H groups in total. The van der Waals surface area contributed by atoms with E-state index in [0.29, 0.717) is 22.6 Å². The molecule has 2 aromatic carbocycles. The summed E-state index contributed by atoms with van der Waals surface area (Å²) in [7, 11) is 0. The Hall–Kier alpha value is -3.15. The van der Waals surface area contributed by atoms with Crippen LogP contribution in [0.3, 0.4) is 0 Å². The van der Waals surface area contributed by atoms with Crippen LogP contribution >= 0.6 is 0 Å². The van der Waals surface area contributed by atoms with Crippen LogP contribution in [-0.2, 0) is 6.61 Å². The van der Waals surface area contributed by atoms with E-state index < -0.39 is 17.6 Å². The summed E-state index contributed by atoms with van der Waals surface area (Å²) in [6.07, 6.45) is 0. The number of halogens is 2. The number of aromatic amines is 1. The Labute approximate surface area is 135 Å². The van der Waals surface area contributed by atoms with E-state index >= 15 is 0 Å². The molecule has 3 aromatic rings. The number of benzene rings is 2. The summed E-state index contributed by atoms with van der Waals surface area (Å²) in [6.45, 7) is 0.143. The molecular weight excluding hydrogens is 316 g/mol. The normalized spacial score (nSPS) is 12.2. The molecule has 0 unspecified atom stereocenters. The van der Waals surface area contributed by atoms with Crippen LogP contribution in [0.15, 0.2) is 42.5 Å². The summed E-state index contributed by atoms with van der Waals surface area (Å²) < 4.78 is 32.5. The summed E-state index contributed by atoms with van der Waals surface area (Å²) in [5.41, 5.74) is 2.48. The van der Waals surface area contributed by atoms with Gasteiger partial charge in [0, 0.05) is 16.7 Å². The molecule has 0 fully saturated rings. The minimum Gasteiger partial charge on any atom is -0.488 e. The summed E-state index contributed by atoms with van der Waals surface area (Å²) in [4.78, 5) is 14.5. The lowest BCUT2D eigenvalue weighted by atomic mass is 9.96. The van der Waals surface area contributed by atoms with Crippen LogP contribution in [0, 0.1) is 11.6 Å². The van der Waals surface area contributed by atoms with Crippen molar-refractivity contribution in [2.75, 3.05) is 0 Å². The Bertz CT molecular complexity index is 978. The number of rotatable bonds is 2. The molecule has 1 aliphatic heterocycles. The summed E-state index contributed by atoms with van der Waals surface area (Å²) in [6, 6.07) is 10.6. The second-order valence-corrected chi connectivity index (χ2v) is 5.45. The van der Waals surface area contributed by atoms with Crippen LogP contribution in [0.4, 0.5) is 8.78 Å². The molecule has 4 rings (SSSR count). The number of ether oxygens (including phenoxy) is 1. The first-order chi connectivity index (χ1) is 11.6. The van der Waals surface area contributed by atoms with Gasteiger partial charge in [-0.2, -0.15) is 0 Å². The number of carboxylic acids is 1. The summed E-state index contributed by atoms with van der Waals surface area (Å²) >= 11 is 0. The SMILES string of the molecule is O=C(O)c1[nH]c2c(c1-c1ccc(F)c(F)c1)COc1ccccc1-2. The Morgan fingerprint density at radius 2 is 1.92 bits per heavy atom. The first kappa shape index (κ1) is 14.4. The van der Waals surface area contributed by atoms with Gasteiger partial charge in [-0.15, -0.1) is 0 Å². The number of hydrogen-bond donors (Lipinski definition) is 2. The highest BCUT2D eigenvalue weighted by atomic mass is 19.2. The highest BCUT2D eigenvalue weighted by Crippen LogP contribution is 2.43. The quantitative estimate of drug-likeness (QED) is 0.741. The lowest BCUT2D eigenvalue weighted by Gasteiger charge is -2.18. The highest BCUT2D eigenvalue weighted by molar-refractivity contribution is 5.98. The van der Waals surface area contributed by atoms with Gasteiger partial charge in [0.15, 0.2) is 11.6 Å². The largest absolute Gasteiger partial charge is 0.488 e. The monoisotopic (exact) mass is 327 g/mol. The zero-order valence-corrected chi connectivity index (χ0v) is 12.3. The minimum absolute atomic E-state index is 0.0775. The Kier molecular flexibility index (Phi) is 3.13. The van der Waals surface area contributed by atoms with Gasteiger partial charge in [-0.25, -0.2) is 13.6 Å². The minimum atomic E-state index is -1.18. The van der Waals surface area contributed by atoms with Crippen molar-refractivity contribution in [2.45, 2.75) is 6.61 Å². The average Bonchev–Trinajstić information content (AvgIpc) is 2.97. The third-order valence-corrected chi connectivity index (χ3v) is 4.05. The fourth-order valence-electron chi connectivity index (χ4n) is 2.99. The lowest BCUT2D eigenvalue weighted by molar-refractivity contribution is 0.0692. The molecule has 120 valence electrons. The topological polar surface area (TPSA) is 62.3 Å². The number of H-pyrrole nitrogens is 1. The zero-order valence-electron chi connectivity index (χ0n) is 12.3. The van der Waals surface area contributed by atoms with Gasteiger partial charge in [-0.1, -0.05) is 18.2 Å². The second kappa shape index (κ2) is 5.19. The zero-order chi connectivity index (χ0) is 16.8. The van der Waals surface area contributed by atoms with E-state index in [-0.39, 0.29) is 17.9 Å². The molecule has 0 radical (unpaired) electrons. The van der Waals surface area contributed by atoms with Gasteiger partial charge in [0.25, 0.3) is 0 Å². The maximum atomic E-state index is 13.6. The Morgan fingerprint density at radius 3 is 2.67 bits per heavy atom. The van der Waals surface area contributed by atoms with Crippen molar-refractivity contribution in [3.05, 3.63) is 65.4 Å². The predicted molar refractivity (Wildman–Crippen MR) is 82.9 cm³/mol. The van der Waals surface area contributed by atoms with Gasteiger partial charge in [0.1, 0.15) is 18.1 Å². The van der Waals surface area contributed by atoms with Crippen molar-refractivity contribution < 1.29 is 23.4 Å². The van der Waals surface area contributed by atoms with Crippen LogP contribution in [-0.4, -0.2) is 16.1 Å². The van der Waals surface area contributed by atoms with Crippen LogP contribution < -0.4 is 4.74 Å². The van der Waals surface area contributed by atoms with Crippen LogP contribution in [0.5, 0.6) is 5.75 Å². The Morgan fingerprint density at radius 1 is 1.12 bits per heavy atom. The number of para-hydroxylation sites is 1. The van der Waals surface area contributed by atoms with Gasteiger partial charge in [0.05, 0.1) is 5.69 Å². The van der Waals surface area contributed by atoms with Gasteiger partial charge >= 0.3 is 5.97 Å². The van der Waals surface area contributed by atoms with Crippen LogP contribution in [0.2, 0.25) is 0 Å². The fourth-order valence-corrected chi connectivity index (χ4v) is 2.99. The molecular formula is C18H11F2NO3. The van der Waals surface area contributed by atoms with Gasteiger partial charge in [-0.3, -0.25) is 0 Å². The number of fused-ring (bicyclic) bond motifs is 3. The molecule has 0 atom stereocenters. The molecule has 0 bridgehead atoms. The smallest absolute Gasteiger partial charge is 0.352 e. The molecule has 0 aliphatic carbocycles. The van der Waals surface area contributed by atoms with Crippen molar-refractivity contribution in [1.82, 2.24) is 4.98 Å². The molecule has 6 heteroatoms. The van der Waals surface area contributed by atoms with E-state index in [2.05, 4.69) is 4.98 Å². The van der Waals surface area contributed by atoms with Crippen molar-refractivity contribution >= 4 is 5.97 Å². The molecule has 4 nitrogen and oxygen atoms in total. The summed E-state index contributed by atoms with van der Waals surface area (Å²) in [5.74, 6) is -2.56. The third-order valence-electron chi connectivity index (χ3n) is 4.05. The predicted octanol–water partition coefficient (Wildman–Crippen LogP) is 4.22. The number of aromatic carboxylic acids is 1. The molecule has 0 saturated carbocycles. The van der Waals surface area contributed by atoms with Crippen molar-refractivity contribution in [1.29, 1.82) is 0 Å². The first-order valence-corrected chi connectivity index (χ1v) is 7.22. The molecule has 1 aromatic heterocycles. The third kappa shape index (κ3) is 2.07. The van der Waals surface area contributed by atoms with E-state index in [1.165, 1.54) is 6.07 Å². The maximum Gasteiger partial charge on any atom is 0.352 e. The summed E-state index contributed by atoms with van der Waals surface area (Å²) in [5, 5.41) is 9.51. The fraction of sp³-hybridized carbons (Fsp3) is 0.0556. The molecule has 0 amide bonds. The van der Waals surface area contributed by atoms with E-state index in [1.807, 2.05) is 18.2 Å². The van der Waals surface area contributed by atoms with E-state index in [1.54, 1.807) is 6.07 Å². The first-order valence-electron chi connectivity index (χ1n) is 7.22.